The number of aromatic nitrogens is 2. The van der Waals surface area contributed by atoms with Crippen LogP contribution in [0.4, 0.5) is 0 Å². The molecule has 3 nitrogen and oxygen atoms in total. The number of rotatable bonds is 5. The highest BCUT2D eigenvalue weighted by atomic mass is 14.8. The van der Waals surface area contributed by atoms with Crippen LogP contribution in [0.2, 0.25) is 0 Å². The van der Waals surface area contributed by atoms with E-state index in [2.05, 4.69) is 41.3 Å². The Bertz CT molecular complexity index is 511. The molecule has 3 heteroatoms. The van der Waals surface area contributed by atoms with Crippen molar-refractivity contribution in [2.75, 3.05) is 13.1 Å². The van der Waals surface area contributed by atoms with Crippen molar-refractivity contribution >= 4 is 17.1 Å². The fourth-order valence-corrected chi connectivity index (χ4v) is 1.88. The van der Waals surface area contributed by atoms with E-state index in [1.54, 1.807) is 0 Å². The van der Waals surface area contributed by atoms with Crippen LogP contribution in [0.5, 0.6) is 0 Å². The molecule has 0 radical (unpaired) electrons. The van der Waals surface area contributed by atoms with Gasteiger partial charge in [0.25, 0.3) is 0 Å². The number of fused-ring (bicyclic) bond motifs is 1. The van der Waals surface area contributed by atoms with Crippen LogP contribution in [-0.2, 0) is 0 Å². The molecule has 0 bridgehead atoms. The van der Waals surface area contributed by atoms with Gasteiger partial charge in [-0.15, -0.1) is 0 Å². The number of hydrogen-bond acceptors (Lipinski definition) is 2. The maximum atomic E-state index is 4.28. The fraction of sp³-hybridized carbons (Fsp3) is 0.357. The molecule has 17 heavy (non-hydrogen) atoms. The van der Waals surface area contributed by atoms with Crippen LogP contribution >= 0.6 is 0 Å². The molecule has 2 aromatic heterocycles. The van der Waals surface area contributed by atoms with Crippen molar-refractivity contribution in [3.05, 3.63) is 35.7 Å². The van der Waals surface area contributed by atoms with E-state index >= 15 is 0 Å². The Hall–Kier alpha value is -1.61. The predicted octanol–water partition coefficient (Wildman–Crippen LogP) is 2.97. The van der Waals surface area contributed by atoms with Crippen LogP contribution in [0.25, 0.3) is 17.1 Å². The summed E-state index contributed by atoms with van der Waals surface area (Å²) in [5.74, 6) is 0. The molecule has 2 rings (SSSR count). The Balaban J connectivity index is 2.14. The Morgan fingerprint density at radius 2 is 2.41 bits per heavy atom. The Morgan fingerprint density at radius 3 is 3.24 bits per heavy atom. The van der Waals surface area contributed by atoms with Gasteiger partial charge in [-0.3, -0.25) is 0 Å². The monoisotopic (exact) mass is 229 g/mol. The standard InChI is InChI=1S/C14H19N3/c1-3-6-15-9-11(2)8-12-10-17-14-13(12)5-4-7-16-14/h4-5,7-8,10,15H,3,6,9H2,1-2H3,(H,16,17). The van der Waals surface area contributed by atoms with Gasteiger partial charge >= 0.3 is 0 Å². The van der Waals surface area contributed by atoms with Gasteiger partial charge in [-0.25, -0.2) is 4.98 Å². The van der Waals surface area contributed by atoms with Gasteiger partial charge in [0.1, 0.15) is 5.65 Å². The summed E-state index contributed by atoms with van der Waals surface area (Å²) in [6.45, 7) is 6.34. The van der Waals surface area contributed by atoms with E-state index in [0.717, 1.165) is 18.7 Å². The van der Waals surface area contributed by atoms with E-state index in [9.17, 15) is 0 Å². The Morgan fingerprint density at radius 1 is 1.53 bits per heavy atom. The summed E-state index contributed by atoms with van der Waals surface area (Å²) in [6.07, 6.45) is 7.20. The molecule has 0 saturated heterocycles. The summed E-state index contributed by atoms with van der Waals surface area (Å²) < 4.78 is 0. The van der Waals surface area contributed by atoms with Gasteiger partial charge in [-0.05, 0) is 32.0 Å². The van der Waals surface area contributed by atoms with Gasteiger partial charge in [0.05, 0.1) is 0 Å². The van der Waals surface area contributed by atoms with Crippen LogP contribution in [-0.4, -0.2) is 23.1 Å². The summed E-state index contributed by atoms with van der Waals surface area (Å²) in [7, 11) is 0. The van der Waals surface area contributed by atoms with E-state index in [1.165, 1.54) is 22.9 Å². The molecule has 2 aromatic rings. The van der Waals surface area contributed by atoms with E-state index in [0.29, 0.717) is 0 Å². The van der Waals surface area contributed by atoms with Crippen molar-refractivity contribution in [3.63, 3.8) is 0 Å². The third kappa shape index (κ3) is 2.94. The highest BCUT2D eigenvalue weighted by Gasteiger charge is 2.01. The smallest absolute Gasteiger partial charge is 0.137 e. The summed E-state index contributed by atoms with van der Waals surface area (Å²) in [5, 5.41) is 4.58. The van der Waals surface area contributed by atoms with Crippen molar-refractivity contribution in [1.82, 2.24) is 15.3 Å². The molecule has 0 saturated carbocycles. The Kier molecular flexibility index (Phi) is 3.94. The van der Waals surface area contributed by atoms with Gasteiger partial charge < -0.3 is 10.3 Å². The fourth-order valence-electron chi connectivity index (χ4n) is 1.88. The lowest BCUT2D eigenvalue weighted by molar-refractivity contribution is 0.715. The van der Waals surface area contributed by atoms with Gasteiger partial charge in [0.2, 0.25) is 0 Å². The first kappa shape index (κ1) is 11.9. The minimum absolute atomic E-state index is 0.945. The zero-order valence-corrected chi connectivity index (χ0v) is 10.5. The van der Waals surface area contributed by atoms with Gasteiger partial charge in [0.15, 0.2) is 0 Å². The van der Waals surface area contributed by atoms with Crippen LogP contribution in [0.3, 0.4) is 0 Å². The average Bonchev–Trinajstić information content (AvgIpc) is 2.73. The first-order chi connectivity index (χ1) is 8.31. The molecule has 0 aliphatic rings. The van der Waals surface area contributed by atoms with Crippen molar-refractivity contribution < 1.29 is 0 Å². The summed E-state index contributed by atoms with van der Waals surface area (Å²) in [5.41, 5.74) is 3.50. The molecule has 2 N–H and O–H groups in total. The summed E-state index contributed by atoms with van der Waals surface area (Å²) in [4.78, 5) is 7.47. The second kappa shape index (κ2) is 5.64. The van der Waals surface area contributed by atoms with E-state index < -0.39 is 0 Å². The number of nitrogens with zero attached hydrogens (tertiary/aromatic N) is 1. The van der Waals surface area contributed by atoms with E-state index in [-0.39, 0.29) is 0 Å². The van der Waals surface area contributed by atoms with Crippen LogP contribution < -0.4 is 5.32 Å². The second-order valence-corrected chi connectivity index (χ2v) is 4.31. The first-order valence-electron chi connectivity index (χ1n) is 6.11. The largest absolute Gasteiger partial charge is 0.346 e. The SMILES string of the molecule is CCCNCC(C)=Cc1c[nH]c2ncccc12. The number of hydrogen-bond donors (Lipinski definition) is 2. The lowest BCUT2D eigenvalue weighted by Gasteiger charge is -2.02. The van der Waals surface area contributed by atoms with Crippen LogP contribution in [0, 0.1) is 0 Å². The van der Waals surface area contributed by atoms with Gasteiger partial charge in [-0.1, -0.05) is 18.6 Å². The summed E-state index contributed by atoms with van der Waals surface area (Å²) in [6, 6.07) is 4.07. The zero-order valence-electron chi connectivity index (χ0n) is 10.5. The number of nitrogens with one attached hydrogen (secondary N) is 2. The molecular formula is C14H19N3. The van der Waals surface area contributed by atoms with E-state index in [1.807, 2.05) is 18.5 Å². The highest BCUT2D eigenvalue weighted by Crippen LogP contribution is 2.18. The quantitative estimate of drug-likeness (QED) is 0.774. The average molecular weight is 229 g/mol. The minimum atomic E-state index is 0.945. The van der Waals surface area contributed by atoms with Gasteiger partial charge in [-0.2, -0.15) is 0 Å². The third-order valence-corrected chi connectivity index (χ3v) is 2.72. The molecule has 0 spiro atoms. The first-order valence-corrected chi connectivity index (χ1v) is 6.11. The van der Waals surface area contributed by atoms with Crippen LogP contribution in [0.1, 0.15) is 25.8 Å². The van der Waals surface area contributed by atoms with Crippen molar-refractivity contribution in [2.45, 2.75) is 20.3 Å². The summed E-state index contributed by atoms with van der Waals surface area (Å²) >= 11 is 0. The van der Waals surface area contributed by atoms with Crippen LogP contribution in [0.15, 0.2) is 30.1 Å². The molecule has 0 unspecified atom stereocenters. The molecular weight excluding hydrogens is 210 g/mol. The predicted molar refractivity (Wildman–Crippen MR) is 72.9 cm³/mol. The van der Waals surface area contributed by atoms with Crippen molar-refractivity contribution in [3.8, 4) is 0 Å². The van der Waals surface area contributed by atoms with Gasteiger partial charge in [0, 0.05) is 29.9 Å². The normalized spacial score (nSPS) is 12.2. The zero-order chi connectivity index (χ0) is 12.1. The lowest BCUT2D eigenvalue weighted by atomic mass is 10.1. The molecule has 0 amide bonds. The molecule has 0 atom stereocenters. The van der Waals surface area contributed by atoms with Crippen molar-refractivity contribution in [2.24, 2.45) is 0 Å². The Labute approximate surface area is 102 Å². The molecule has 0 aliphatic carbocycles. The number of H-pyrrole nitrogens is 1. The van der Waals surface area contributed by atoms with Crippen molar-refractivity contribution in [1.29, 1.82) is 0 Å². The number of aromatic amines is 1. The van der Waals surface area contributed by atoms with E-state index in [4.69, 9.17) is 0 Å². The number of pyridine rings is 1. The molecule has 0 fully saturated rings. The minimum Gasteiger partial charge on any atom is -0.346 e. The third-order valence-electron chi connectivity index (χ3n) is 2.72. The second-order valence-electron chi connectivity index (χ2n) is 4.31. The maximum absolute atomic E-state index is 4.28. The maximum Gasteiger partial charge on any atom is 0.137 e. The topological polar surface area (TPSA) is 40.7 Å². The lowest BCUT2D eigenvalue weighted by Crippen LogP contribution is -2.16. The molecule has 90 valence electrons. The molecule has 0 aromatic carbocycles. The highest BCUT2D eigenvalue weighted by molar-refractivity contribution is 5.86. The molecule has 2 heterocycles. The molecule has 0 aliphatic heterocycles.